The van der Waals surface area contributed by atoms with Crippen LogP contribution in [0.2, 0.25) is 0 Å². The molecular formula is C20H21N3O4S. The Labute approximate surface area is 166 Å². The first-order valence-corrected chi connectivity index (χ1v) is 9.92. The lowest BCUT2D eigenvalue weighted by atomic mass is 10.1. The van der Waals surface area contributed by atoms with Crippen LogP contribution in [0.4, 0.5) is 0 Å². The zero-order valence-corrected chi connectivity index (χ0v) is 16.6. The first-order valence-electron chi connectivity index (χ1n) is 9.04. The summed E-state index contributed by atoms with van der Waals surface area (Å²) in [6.45, 7) is 1.25. The number of aromatic nitrogens is 2. The van der Waals surface area contributed by atoms with Gasteiger partial charge in [0.1, 0.15) is 0 Å². The monoisotopic (exact) mass is 399 g/mol. The zero-order valence-electron chi connectivity index (χ0n) is 15.8. The second-order valence-electron chi connectivity index (χ2n) is 6.62. The van der Waals surface area contributed by atoms with Gasteiger partial charge in [-0.05, 0) is 35.6 Å². The molecule has 1 fully saturated rings. The Morgan fingerprint density at radius 1 is 1.25 bits per heavy atom. The Balaban J connectivity index is 1.39. The second-order valence-corrected chi connectivity index (χ2v) is 7.56. The maximum Gasteiger partial charge on any atom is 0.267 e. The fraction of sp³-hybridized carbons (Fsp3) is 0.350. The summed E-state index contributed by atoms with van der Waals surface area (Å²) in [5.41, 5.74) is 1.09. The summed E-state index contributed by atoms with van der Waals surface area (Å²) in [7, 11) is 3.23. The number of thiophene rings is 1. The van der Waals surface area contributed by atoms with E-state index in [0.29, 0.717) is 42.7 Å². The SMILES string of the molecule is COc1ccc(CCN2CC(c3noc(-c4cccs4)n3)CC2=O)cc1OC. The van der Waals surface area contributed by atoms with Gasteiger partial charge in [-0.3, -0.25) is 4.79 Å². The minimum atomic E-state index is -0.0321. The van der Waals surface area contributed by atoms with Crippen LogP contribution in [-0.2, 0) is 11.2 Å². The fourth-order valence-corrected chi connectivity index (χ4v) is 4.01. The van der Waals surface area contributed by atoms with E-state index in [2.05, 4.69) is 10.1 Å². The fourth-order valence-electron chi connectivity index (χ4n) is 3.36. The lowest BCUT2D eigenvalue weighted by Crippen LogP contribution is -2.27. The van der Waals surface area contributed by atoms with E-state index < -0.39 is 0 Å². The number of benzene rings is 1. The highest BCUT2D eigenvalue weighted by Crippen LogP contribution is 2.31. The number of nitrogens with zero attached hydrogens (tertiary/aromatic N) is 3. The van der Waals surface area contributed by atoms with Crippen molar-refractivity contribution in [3.05, 3.63) is 47.1 Å². The Morgan fingerprint density at radius 2 is 2.11 bits per heavy atom. The minimum absolute atomic E-state index is 0.0321. The lowest BCUT2D eigenvalue weighted by Gasteiger charge is -2.16. The van der Waals surface area contributed by atoms with Gasteiger partial charge in [0.25, 0.3) is 5.89 Å². The molecule has 1 unspecified atom stereocenters. The van der Waals surface area contributed by atoms with Gasteiger partial charge >= 0.3 is 0 Å². The summed E-state index contributed by atoms with van der Waals surface area (Å²) in [6, 6.07) is 9.71. The predicted molar refractivity (Wildman–Crippen MR) is 105 cm³/mol. The number of ether oxygens (including phenoxy) is 2. The van der Waals surface area contributed by atoms with Crippen LogP contribution in [0.25, 0.3) is 10.8 Å². The molecule has 1 aliphatic rings. The maximum atomic E-state index is 12.4. The molecule has 0 radical (unpaired) electrons. The molecule has 3 heterocycles. The molecule has 28 heavy (non-hydrogen) atoms. The van der Waals surface area contributed by atoms with Crippen molar-refractivity contribution in [2.45, 2.75) is 18.8 Å². The van der Waals surface area contributed by atoms with Crippen LogP contribution < -0.4 is 9.47 Å². The molecule has 2 aromatic heterocycles. The van der Waals surface area contributed by atoms with Crippen molar-refractivity contribution >= 4 is 17.2 Å². The van der Waals surface area contributed by atoms with Gasteiger partial charge in [0.2, 0.25) is 5.91 Å². The molecule has 7 nitrogen and oxygen atoms in total. The van der Waals surface area contributed by atoms with Crippen LogP contribution in [0.15, 0.2) is 40.2 Å². The first kappa shape index (κ1) is 18.5. The number of hydrogen-bond donors (Lipinski definition) is 0. The average molecular weight is 399 g/mol. The second kappa shape index (κ2) is 8.02. The van der Waals surface area contributed by atoms with E-state index in [1.807, 2.05) is 40.6 Å². The van der Waals surface area contributed by atoms with Crippen LogP contribution in [0.1, 0.15) is 23.7 Å². The van der Waals surface area contributed by atoms with Crippen LogP contribution >= 0.6 is 11.3 Å². The van der Waals surface area contributed by atoms with Crippen LogP contribution in [0, 0.1) is 0 Å². The normalized spacial score (nSPS) is 16.6. The van der Waals surface area contributed by atoms with E-state index in [-0.39, 0.29) is 11.8 Å². The quantitative estimate of drug-likeness (QED) is 0.606. The van der Waals surface area contributed by atoms with Gasteiger partial charge in [-0.2, -0.15) is 4.98 Å². The number of likely N-dealkylation sites (tertiary alicyclic amines) is 1. The van der Waals surface area contributed by atoms with Gasteiger partial charge in [-0.1, -0.05) is 17.3 Å². The molecule has 0 bridgehead atoms. The number of rotatable bonds is 7. The largest absolute Gasteiger partial charge is 0.493 e. The first-order chi connectivity index (χ1) is 13.7. The molecule has 0 N–H and O–H groups in total. The molecule has 0 aliphatic carbocycles. The summed E-state index contributed by atoms with van der Waals surface area (Å²) in [5, 5.41) is 6.06. The van der Waals surface area contributed by atoms with E-state index in [4.69, 9.17) is 14.0 Å². The third kappa shape index (κ3) is 3.73. The third-order valence-electron chi connectivity index (χ3n) is 4.87. The van der Waals surface area contributed by atoms with Crippen molar-refractivity contribution < 1.29 is 18.8 Å². The van der Waals surface area contributed by atoms with Crippen molar-refractivity contribution in [2.75, 3.05) is 27.3 Å². The van der Waals surface area contributed by atoms with E-state index in [0.717, 1.165) is 16.9 Å². The minimum Gasteiger partial charge on any atom is -0.493 e. The van der Waals surface area contributed by atoms with Crippen molar-refractivity contribution in [1.29, 1.82) is 0 Å². The smallest absolute Gasteiger partial charge is 0.267 e. The standard InChI is InChI=1S/C20H21N3O4S/c1-25-15-6-5-13(10-16(15)26-2)7-8-23-12-14(11-18(23)24)19-21-20(27-22-19)17-4-3-9-28-17/h3-6,9-10,14H,7-8,11-12H2,1-2H3. The number of hydrogen-bond acceptors (Lipinski definition) is 7. The summed E-state index contributed by atoms with van der Waals surface area (Å²) < 4.78 is 16.0. The number of carbonyl (C=O) groups excluding carboxylic acids is 1. The van der Waals surface area contributed by atoms with Gasteiger partial charge < -0.3 is 18.9 Å². The van der Waals surface area contributed by atoms with Crippen LogP contribution in [0.3, 0.4) is 0 Å². The van der Waals surface area contributed by atoms with Crippen molar-refractivity contribution in [1.82, 2.24) is 15.0 Å². The zero-order chi connectivity index (χ0) is 19.5. The Morgan fingerprint density at radius 3 is 2.86 bits per heavy atom. The van der Waals surface area contributed by atoms with E-state index in [1.54, 1.807) is 25.6 Å². The molecule has 1 atom stereocenters. The number of carbonyl (C=O) groups is 1. The number of methoxy groups -OCH3 is 2. The molecule has 1 amide bonds. The summed E-state index contributed by atoms with van der Waals surface area (Å²) in [6.07, 6.45) is 1.15. The molecule has 1 saturated heterocycles. The molecular weight excluding hydrogens is 378 g/mol. The van der Waals surface area contributed by atoms with E-state index in [9.17, 15) is 4.79 Å². The summed E-state index contributed by atoms with van der Waals surface area (Å²) in [4.78, 5) is 19.7. The number of amides is 1. The summed E-state index contributed by atoms with van der Waals surface area (Å²) in [5.74, 6) is 2.59. The summed E-state index contributed by atoms with van der Waals surface area (Å²) >= 11 is 1.55. The molecule has 0 saturated carbocycles. The van der Waals surface area contributed by atoms with Gasteiger partial charge in [0.05, 0.1) is 19.1 Å². The molecule has 8 heteroatoms. The molecule has 1 aromatic carbocycles. The Bertz CT molecular complexity index is 954. The molecule has 4 rings (SSSR count). The van der Waals surface area contributed by atoms with Crippen LogP contribution in [0.5, 0.6) is 11.5 Å². The van der Waals surface area contributed by atoms with Gasteiger partial charge in [0.15, 0.2) is 17.3 Å². The van der Waals surface area contributed by atoms with Gasteiger partial charge in [0, 0.05) is 25.4 Å². The maximum absolute atomic E-state index is 12.4. The van der Waals surface area contributed by atoms with Gasteiger partial charge in [-0.15, -0.1) is 11.3 Å². The lowest BCUT2D eigenvalue weighted by molar-refractivity contribution is -0.127. The Hall–Kier alpha value is -2.87. The van der Waals surface area contributed by atoms with Crippen LogP contribution in [-0.4, -0.2) is 48.3 Å². The average Bonchev–Trinajstić information content (AvgIpc) is 3.46. The highest BCUT2D eigenvalue weighted by Gasteiger charge is 2.33. The molecule has 1 aliphatic heterocycles. The Kier molecular flexibility index (Phi) is 5.29. The topological polar surface area (TPSA) is 77.7 Å². The van der Waals surface area contributed by atoms with E-state index >= 15 is 0 Å². The van der Waals surface area contributed by atoms with Crippen molar-refractivity contribution in [3.8, 4) is 22.3 Å². The van der Waals surface area contributed by atoms with Crippen molar-refractivity contribution in [3.63, 3.8) is 0 Å². The molecule has 146 valence electrons. The highest BCUT2D eigenvalue weighted by molar-refractivity contribution is 7.13. The van der Waals surface area contributed by atoms with Crippen molar-refractivity contribution in [2.24, 2.45) is 0 Å². The third-order valence-corrected chi connectivity index (χ3v) is 5.73. The highest BCUT2D eigenvalue weighted by atomic mass is 32.1. The molecule has 3 aromatic rings. The predicted octanol–water partition coefficient (Wildman–Crippen LogP) is 3.37. The van der Waals surface area contributed by atoms with E-state index in [1.165, 1.54) is 0 Å². The molecule has 0 spiro atoms. The van der Waals surface area contributed by atoms with Gasteiger partial charge in [-0.25, -0.2) is 0 Å².